The Balaban J connectivity index is 1.53. The first kappa shape index (κ1) is 23.1. The van der Waals surface area contributed by atoms with Crippen molar-refractivity contribution in [1.82, 2.24) is 0 Å². The standard InChI is InChI=1S/C27H25F3O3/c1-2-3-14-32-24-12-11-22(26(29)27(24)30)18-6-4-17(5-7-18)21-10-8-19(15-23(21)28)20-9-13-25(31)33-16-20/h2-8,10-12,15,20,25,31H,9,13-14,16H2,1H3/b3-2+. The lowest BCUT2D eigenvalue weighted by Crippen LogP contribution is -2.24. The lowest BCUT2D eigenvalue weighted by Gasteiger charge is -2.26. The predicted octanol–water partition coefficient (Wildman–Crippen LogP) is 6.61. The smallest absolute Gasteiger partial charge is 0.201 e. The van der Waals surface area contributed by atoms with Crippen LogP contribution in [0.25, 0.3) is 22.3 Å². The van der Waals surface area contributed by atoms with Crippen molar-refractivity contribution in [3.63, 3.8) is 0 Å². The Morgan fingerprint density at radius 3 is 2.27 bits per heavy atom. The van der Waals surface area contributed by atoms with Crippen LogP contribution < -0.4 is 4.74 Å². The van der Waals surface area contributed by atoms with E-state index >= 15 is 0 Å². The summed E-state index contributed by atoms with van der Waals surface area (Å²) in [7, 11) is 0. The minimum Gasteiger partial charge on any atom is -0.486 e. The van der Waals surface area contributed by atoms with Crippen molar-refractivity contribution in [2.24, 2.45) is 0 Å². The second-order valence-corrected chi connectivity index (χ2v) is 8.00. The summed E-state index contributed by atoms with van der Waals surface area (Å²) < 4.78 is 54.4. The van der Waals surface area contributed by atoms with Crippen molar-refractivity contribution in [2.75, 3.05) is 13.2 Å². The van der Waals surface area contributed by atoms with Crippen LogP contribution in [0, 0.1) is 17.5 Å². The first-order valence-corrected chi connectivity index (χ1v) is 10.9. The molecule has 0 aliphatic carbocycles. The van der Waals surface area contributed by atoms with Gasteiger partial charge in [0.1, 0.15) is 12.4 Å². The summed E-state index contributed by atoms with van der Waals surface area (Å²) in [6.45, 7) is 2.32. The van der Waals surface area contributed by atoms with Crippen LogP contribution >= 0.6 is 0 Å². The molecule has 0 aromatic heterocycles. The number of hydrogen-bond donors (Lipinski definition) is 1. The first-order valence-electron chi connectivity index (χ1n) is 10.9. The van der Waals surface area contributed by atoms with Crippen molar-refractivity contribution in [3.8, 4) is 28.0 Å². The molecule has 0 spiro atoms. The number of aliphatic hydroxyl groups is 1. The molecule has 2 atom stereocenters. The summed E-state index contributed by atoms with van der Waals surface area (Å²) in [4.78, 5) is 0. The Morgan fingerprint density at radius 1 is 0.939 bits per heavy atom. The molecule has 3 aromatic rings. The monoisotopic (exact) mass is 454 g/mol. The number of benzene rings is 3. The summed E-state index contributed by atoms with van der Waals surface area (Å²) in [5, 5.41) is 9.47. The summed E-state index contributed by atoms with van der Waals surface area (Å²) in [5.74, 6) is -2.50. The molecule has 1 saturated heterocycles. The Kier molecular flexibility index (Phi) is 7.16. The van der Waals surface area contributed by atoms with E-state index in [-0.39, 0.29) is 29.7 Å². The maximum atomic E-state index is 14.9. The fraction of sp³-hybridized carbons (Fsp3) is 0.259. The molecule has 33 heavy (non-hydrogen) atoms. The van der Waals surface area contributed by atoms with Crippen molar-refractivity contribution in [3.05, 3.63) is 89.8 Å². The normalized spacial score (nSPS) is 18.6. The number of aliphatic hydroxyl groups excluding tert-OH is 1. The van der Waals surface area contributed by atoms with E-state index < -0.39 is 17.9 Å². The number of ether oxygens (including phenoxy) is 2. The first-order chi connectivity index (χ1) is 16.0. The van der Waals surface area contributed by atoms with Gasteiger partial charge in [0.05, 0.1) is 6.61 Å². The van der Waals surface area contributed by atoms with Gasteiger partial charge in [0.25, 0.3) is 0 Å². The van der Waals surface area contributed by atoms with E-state index in [1.165, 1.54) is 18.2 Å². The molecule has 1 heterocycles. The second kappa shape index (κ2) is 10.2. The van der Waals surface area contributed by atoms with Crippen LogP contribution in [0.1, 0.15) is 31.2 Å². The molecular formula is C27H25F3O3. The van der Waals surface area contributed by atoms with Crippen molar-refractivity contribution < 1.29 is 27.8 Å². The second-order valence-electron chi connectivity index (χ2n) is 8.00. The Bertz CT molecular complexity index is 1130. The van der Waals surface area contributed by atoms with E-state index in [0.717, 1.165) is 12.0 Å². The lowest BCUT2D eigenvalue weighted by molar-refractivity contribution is -0.129. The molecule has 1 N–H and O–H groups in total. The van der Waals surface area contributed by atoms with Gasteiger partial charge in [-0.25, -0.2) is 8.78 Å². The van der Waals surface area contributed by atoms with Crippen LogP contribution in [-0.2, 0) is 4.74 Å². The zero-order valence-electron chi connectivity index (χ0n) is 18.2. The van der Waals surface area contributed by atoms with Gasteiger partial charge in [-0.1, -0.05) is 48.6 Å². The van der Waals surface area contributed by atoms with Gasteiger partial charge in [0, 0.05) is 17.0 Å². The average molecular weight is 454 g/mol. The van der Waals surface area contributed by atoms with Gasteiger partial charge in [0.15, 0.2) is 17.9 Å². The number of hydrogen-bond acceptors (Lipinski definition) is 3. The molecule has 1 fully saturated rings. The molecule has 0 saturated carbocycles. The van der Waals surface area contributed by atoms with Gasteiger partial charge in [0.2, 0.25) is 5.82 Å². The molecule has 2 unspecified atom stereocenters. The molecule has 0 amide bonds. The Morgan fingerprint density at radius 2 is 1.64 bits per heavy atom. The highest BCUT2D eigenvalue weighted by atomic mass is 19.2. The van der Waals surface area contributed by atoms with Crippen LogP contribution in [0.15, 0.2) is 66.7 Å². The SMILES string of the molecule is C/C=C/COc1ccc(-c2ccc(-c3ccc(C4CCC(O)OC4)cc3F)cc2)c(F)c1F. The van der Waals surface area contributed by atoms with E-state index in [1.54, 1.807) is 42.5 Å². The maximum absolute atomic E-state index is 14.9. The predicted molar refractivity (Wildman–Crippen MR) is 121 cm³/mol. The fourth-order valence-electron chi connectivity index (χ4n) is 3.95. The van der Waals surface area contributed by atoms with Crippen molar-refractivity contribution in [2.45, 2.75) is 32.0 Å². The number of allylic oxidation sites excluding steroid dienone is 1. The van der Waals surface area contributed by atoms with Crippen LogP contribution in [0.4, 0.5) is 13.2 Å². The molecule has 1 aliphatic heterocycles. The molecule has 172 valence electrons. The van der Waals surface area contributed by atoms with Crippen LogP contribution in [-0.4, -0.2) is 24.6 Å². The molecule has 0 radical (unpaired) electrons. The Hall–Kier alpha value is -3.09. The molecule has 1 aliphatic rings. The molecule has 3 nitrogen and oxygen atoms in total. The van der Waals surface area contributed by atoms with Crippen LogP contribution in [0.5, 0.6) is 5.75 Å². The van der Waals surface area contributed by atoms with E-state index in [0.29, 0.717) is 29.7 Å². The summed E-state index contributed by atoms with van der Waals surface area (Å²) in [6, 6.07) is 14.6. The van der Waals surface area contributed by atoms with Gasteiger partial charge < -0.3 is 14.6 Å². The zero-order chi connectivity index (χ0) is 23.4. The number of halogens is 3. The summed E-state index contributed by atoms with van der Waals surface area (Å²) in [6.07, 6.45) is 3.97. The van der Waals surface area contributed by atoms with Crippen LogP contribution in [0.2, 0.25) is 0 Å². The third kappa shape index (κ3) is 5.13. The van der Waals surface area contributed by atoms with E-state index in [4.69, 9.17) is 9.47 Å². The third-order valence-electron chi connectivity index (χ3n) is 5.84. The average Bonchev–Trinajstić information content (AvgIpc) is 2.83. The number of rotatable bonds is 6. The summed E-state index contributed by atoms with van der Waals surface area (Å²) >= 11 is 0. The van der Waals surface area contributed by atoms with Gasteiger partial charge in [-0.2, -0.15) is 4.39 Å². The minimum absolute atomic E-state index is 0.0437. The van der Waals surface area contributed by atoms with Gasteiger partial charge in [-0.3, -0.25) is 0 Å². The lowest BCUT2D eigenvalue weighted by atomic mass is 9.91. The minimum atomic E-state index is -1.04. The molecule has 0 bridgehead atoms. The van der Waals surface area contributed by atoms with E-state index in [2.05, 4.69) is 0 Å². The fourth-order valence-corrected chi connectivity index (χ4v) is 3.95. The highest BCUT2D eigenvalue weighted by molar-refractivity contribution is 5.71. The molecule has 6 heteroatoms. The Labute approximate surface area is 191 Å². The van der Waals surface area contributed by atoms with Crippen molar-refractivity contribution >= 4 is 0 Å². The molecule has 4 rings (SSSR count). The zero-order valence-corrected chi connectivity index (χ0v) is 18.2. The highest BCUT2D eigenvalue weighted by Crippen LogP contribution is 2.34. The highest BCUT2D eigenvalue weighted by Gasteiger charge is 2.22. The molecule has 3 aromatic carbocycles. The summed E-state index contributed by atoms with van der Waals surface area (Å²) in [5.41, 5.74) is 2.46. The van der Waals surface area contributed by atoms with Crippen molar-refractivity contribution in [1.29, 1.82) is 0 Å². The van der Waals surface area contributed by atoms with E-state index in [1.807, 2.05) is 13.0 Å². The van der Waals surface area contributed by atoms with Gasteiger partial charge >= 0.3 is 0 Å². The third-order valence-corrected chi connectivity index (χ3v) is 5.84. The largest absolute Gasteiger partial charge is 0.486 e. The maximum Gasteiger partial charge on any atom is 0.201 e. The van der Waals surface area contributed by atoms with Gasteiger partial charge in [-0.15, -0.1) is 0 Å². The van der Waals surface area contributed by atoms with Crippen LogP contribution in [0.3, 0.4) is 0 Å². The quantitative estimate of drug-likeness (QED) is 0.426. The van der Waals surface area contributed by atoms with E-state index in [9.17, 15) is 18.3 Å². The van der Waals surface area contributed by atoms with Gasteiger partial charge in [-0.05, 0) is 54.7 Å². The topological polar surface area (TPSA) is 38.7 Å². The molecular weight excluding hydrogens is 429 g/mol.